The van der Waals surface area contributed by atoms with Crippen molar-refractivity contribution in [3.8, 4) is 11.3 Å². The third-order valence-corrected chi connectivity index (χ3v) is 2.03. The molecule has 0 saturated carbocycles. The minimum atomic E-state index is 0.656. The zero-order valence-corrected chi connectivity index (χ0v) is 7.77. The maximum Gasteiger partial charge on any atom is 0.116 e. The molecule has 2 heterocycles. The van der Waals surface area contributed by atoms with E-state index >= 15 is 0 Å². The molecule has 0 fully saturated rings. The number of hydrogen-bond acceptors (Lipinski definition) is 3. The topological polar surface area (TPSA) is 67.6 Å². The molecule has 0 unspecified atom stereocenters. The summed E-state index contributed by atoms with van der Waals surface area (Å²) < 4.78 is 0. The Morgan fingerprint density at radius 2 is 2.36 bits per heavy atom. The van der Waals surface area contributed by atoms with Gasteiger partial charge >= 0.3 is 0 Å². The summed E-state index contributed by atoms with van der Waals surface area (Å²) in [5, 5.41) is 0. The highest BCUT2D eigenvalue weighted by atomic mass is 14.8. The minimum absolute atomic E-state index is 0.656. The van der Waals surface area contributed by atoms with E-state index in [0.717, 1.165) is 23.4 Å². The highest BCUT2D eigenvalue weighted by Gasteiger charge is 2.01. The fraction of sp³-hybridized carbons (Fsp3) is 0.200. The number of hydrogen-bond donors (Lipinski definition) is 2. The second-order valence-corrected chi connectivity index (χ2v) is 3.05. The summed E-state index contributed by atoms with van der Waals surface area (Å²) in [5.74, 6) is 0. The molecule has 4 nitrogen and oxygen atoms in total. The van der Waals surface area contributed by atoms with E-state index in [-0.39, 0.29) is 0 Å². The standard InChI is InChI=1S/C10H12N4/c11-3-1-9-5-8(6-13-9)10-2-4-12-7-14-10/h2,4-7,13H,1,3,11H2. The molecule has 0 amide bonds. The van der Waals surface area contributed by atoms with Gasteiger partial charge in [0.25, 0.3) is 0 Å². The Kier molecular flexibility index (Phi) is 2.55. The predicted octanol–water partition coefficient (Wildman–Crippen LogP) is 0.973. The molecule has 4 heteroatoms. The fourth-order valence-electron chi connectivity index (χ4n) is 1.35. The van der Waals surface area contributed by atoms with E-state index in [1.165, 1.54) is 0 Å². The van der Waals surface area contributed by atoms with E-state index in [9.17, 15) is 0 Å². The highest BCUT2D eigenvalue weighted by molar-refractivity contribution is 5.58. The van der Waals surface area contributed by atoms with Crippen LogP contribution in [0.5, 0.6) is 0 Å². The zero-order chi connectivity index (χ0) is 9.80. The van der Waals surface area contributed by atoms with Gasteiger partial charge in [-0.25, -0.2) is 9.97 Å². The third-order valence-electron chi connectivity index (χ3n) is 2.03. The molecular formula is C10H12N4. The summed E-state index contributed by atoms with van der Waals surface area (Å²) in [6.45, 7) is 0.656. The molecule has 0 spiro atoms. The smallest absolute Gasteiger partial charge is 0.116 e. The molecule has 3 N–H and O–H groups in total. The summed E-state index contributed by atoms with van der Waals surface area (Å²) in [7, 11) is 0. The van der Waals surface area contributed by atoms with Crippen LogP contribution < -0.4 is 5.73 Å². The molecule has 2 rings (SSSR count). The first kappa shape index (κ1) is 8.90. The van der Waals surface area contributed by atoms with Crippen LogP contribution >= 0.6 is 0 Å². The Balaban J connectivity index is 2.25. The fourth-order valence-corrected chi connectivity index (χ4v) is 1.35. The average molecular weight is 188 g/mol. The molecule has 2 aromatic heterocycles. The second-order valence-electron chi connectivity index (χ2n) is 3.05. The van der Waals surface area contributed by atoms with Gasteiger partial charge < -0.3 is 10.7 Å². The summed E-state index contributed by atoms with van der Waals surface area (Å²) in [6.07, 6.45) is 6.08. The van der Waals surface area contributed by atoms with Gasteiger partial charge in [-0.15, -0.1) is 0 Å². The molecule has 0 aliphatic carbocycles. The van der Waals surface area contributed by atoms with Crippen molar-refractivity contribution in [1.29, 1.82) is 0 Å². The quantitative estimate of drug-likeness (QED) is 0.754. The first-order valence-corrected chi connectivity index (χ1v) is 4.54. The molecule has 0 aliphatic heterocycles. The maximum absolute atomic E-state index is 5.46. The lowest BCUT2D eigenvalue weighted by Crippen LogP contribution is -2.02. The van der Waals surface area contributed by atoms with Crippen molar-refractivity contribution in [2.75, 3.05) is 6.54 Å². The monoisotopic (exact) mass is 188 g/mol. The Hall–Kier alpha value is -1.68. The summed E-state index contributed by atoms with van der Waals surface area (Å²) >= 11 is 0. The third kappa shape index (κ3) is 1.80. The van der Waals surface area contributed by atoms with E-state index < -0.39 is 0 Å². The molecule has 0 atom stereocenters. The van der Waals surface area contributed by atoms with Crippen molar-refractivity contribution in [3.63, 3.8) is 0 Å². The van der Waals surface area contributed by atoms with Gasteiger partial charge in [-0.3, -0.25) is 0 Å². The Morgan fingerprint density at radius 3 is 3.07 bits per heavy atom. The Morgan fingerprint density at radius 1 is 1.43 bits per heavy atom. The Bertz CT molecular complexity index is 394. The molecular weight excluding hydrogens is 176 g/mol. The van der Waals surface area contributed by atoms with Crippen molar-refractivity contribution in [2.24, 2.45) is 5.73 Å². The van der Waals surface area contributed by atoms with E-state index in [2.05, 4.69) is 21.0 Å². The predicted molar refractivity (Wildman–Crippen MR) is 54.6 cm³/mol. The molecule has 14 heavy (non-hydrogen) atoms. The molecule has 0 aliphatic rings. The number of nitrogens with one attached hydrogen (secondary N) is 1. The summed E-state index contributed by atoms with van der Waals surface area (Å²) in [5.41, 5.74) is 8.61. The van der Waals surface area contributed by atoms with Gasteiger partial charge in [0.15, 0.2) is 0 Å². The number of rotatable bonds is 3. The van der Waals surface area contributed by atoms with Crippen LogP contribution in [0.25, 0.3) is 11.3 Å². The van der Waals surface area contributed by atoms with Gasteiger partial charge in [0.05, 0.1) is 5.69 Å². The van der Waals surface area contributed by atoms with Crippen LogP contribution in [-0.4, -0.2) is 21.5 Å². The van der Waals surface area contributed by atoms with Gasteiger partial charge in [-0.1, -0.05) is 0 Å². The first-order chi connectivity index (χ1) is 6.90. The lowest BCUT2D eigenvalue weighted by atomic mass is 10.2. The maximum atomic E-state index is 5.46. The van der Waals surface area contributed by atoms with Crippen molar-refractivity contribution in [1.82, 2.24) is 15.0 Å². The lowest BCUT2D eigenvalue weighted by Gasteiger charge is -1.93. The molecule has 0 saturated heterocycles. The van der Waals surface area contributed by atoms with Crippen LogP contribution in [0.1, 0.15) is 5.69 Å². The van der Waals surface area contributed by atoms with E-state index in [0.29, 0.717) is 6.54 Å². The number of nitrogens with zero attached hydrogens (tertiary/aromatic N) is 2. The van der Waals surface area contributed by atoms with E-state index in [1.54, 1.807) is 12.5 Å². The average Bonchev–Trinajstić information content (AvgIpc) is 2.68. The summed E-state index contributed by atoms with van der Waals surface area (Å²) in [6, 6.07) is 3.95. The van der Waals surface area contributed by atoms with Crippen molar-refractivity contribution in [2.45, 2.75) is 6.42 Å². The zero-order valence-electron chi connectivity index (χ0n) is 7.77. The number of H-pyrrole nitrogens is 1. The van der Waals surface area contributed by atoms with Gasteiger partial charge in [0.1, 0.15) is 6.33 Å². The van der Waals surface area contributed by atoms with E-state index in [1.807, 2.05) is 12.3 Å². The molecule has 0 aromatic carbocycles. The van der Waals surface area contributed by atoms with E-state index in [4.69, 9.17) is 5.73 Å². The van der Waals surface area contributed by atoms with Crippen LogP contribution in [0.3, 0.4) is 0 Å². The second kappa shape index (κ2) is 4.02. The van der Waals surface area contributed by atoms with Crippen molar-refractivity contribution >= 4 is 0 Å². The SMILES string of the molecule is NCCc1cc(-c2ccncn2)c[nH]1. The molecule has 0 radical (unpaired) electrons. The van der Waals surface area contributed by atoms with Crippen LogP contribution in [0.15, 0.2) is 30.9 Å². The summed E-state index contributed by atoms with van der Waals surface area (Å²) in [4.78, 5) is 11.2. The van der Waals surface area contributed by atoms with Gasteiger partial charge in [0, 0.05) is 23.7 Å². The number of aromatic nitrogens is 3. The van der Waals surface area contributed by atoms with Crippen LogP contribution in [0, 0.1) is 0 Å². The van der Waals surface area contributed by atoms with Crippen molar-refractivity contribution in [3.05, 3.63) is 36.5 Å². The van der Waals surface area contributed by atoms with Crippen molar-refractivity contribution < 1.29 is 0 Å². The van der Waals surface area contributed by atoms with Gasteiger partial charge in [-0.05, 0) is 25.1 Å². The lowest BCUT2D eigenvalue weighted by molar-refractivity contribution is 0.935. The number of aromatic amines is 1. The largest absolute Gasteiger partial charge is 0.364 e. The molecule has 2 aromatic rings. The Labute approximate surface area is 82.2 Å². The minimum Gasteiger partial charge on any atom is -0.364 e. The van der Waals surface area contributed by atoms with Gasteiger partial charge in [-0.2, -0.15) is 0 Å². The molecule has 0 bridgehead atoms. The highest BCUT2D eigenvalue weighted by Crippen LogP contribution is 2.16. The molecule has 72 valence electrons. The van der Waals surface area contributed by atoms with Crippen LogP contribution in [0.4, 0.5) is 0 Å². The number of nitrogens with two attached hydrogens (primary N) is 1. The van der Waals surface area contributed by atoms with Crippen LogP contribution in [0.2, 0.25) is 0 Å². The first-order valence-electron chi connectivity index (χ1n) is 4.54. The van der Waals surface area contributed by atoms with Gasteiger partial charge in [0.2, 0.25) is 0 Å². The van der Waals surface area contributed by atoms with Crippen LogP contribution in [-0.2, 0) is 6.42 Å². The normalized spacial score (nSPS) is 10.4.